The Labute approximate surface area is 78.3 Å². The van der Waals surface area contributed by atoms with Gasteiger partial charge in [-0.15, -0.1) is 0 Å². The molecule has 0 aromatic rings. The van der Waals surface area contributed by atoms with Crippen molar-refractivity contribution in [2.45, 2.75) is 33.6 Å². The Balaban J connectivity index is 0. The molecule has 0 saturated heterocycles. The fraction of sp³-hybridized carbons (Fsp3) is 0.778. The summed E-state index contributed by atoms with van der Waals surface area (Å²) in [7, 11) is 0. The van der Waals surface area contributed by atoms with Crippen LogP contribution in [-0.2, 0) is 19.1 Å². The van der Waals surface area contributed by atoms with Crippen LogP contribution in [0.4, 0.5) is 0 Å². The normalized spacial score (nSPS) is 10.4. The fourth-order valence-electron chi connectivity index (χ4n) is 0.835. The van der Waals surface area contributed by atoms with Gasteiger partial charge in [-0.2, -0.15) is 9.59 Å². The van der Waals surface area contributed by atoms with Gasteiger partial charge >= 0.3 is 12.1 Å². The van der Waals surface area contributed by atoms with Crippen LogP contribution in [-0.4, -0.2) is 18.7 Å². The van der Waals surface area contributed by atoms with E-state index in [2.05, 4.69) is 6.92 Å². The zero-order valence-electron chi connectivity index (χ0n) is 8.33. The molecule has 0 amide bonds. The highest BCUT2D eigenvalue weighted by molar-refractivity contribution is 5.71. The number of hydrogen-bond donors (Lipinski definition) is 0. The minimum Gasteiger partial charge on any atom is -0.466 e. The molecular formula is C9H16O4. The lowest BCUT2D eigenvalue weighted by atomic mass is 10.1. The molecule has 0 aliphatic rings. The van der Waals surface area contributed by atoms with Crippen molar-refractivity contribution in [3.8, 4) is 0 Å². The number of rotatable bonds is 4. The van der Waals surface area contributed by atoms with E-state index in [1.54, 1.807) is 0 Å². The van der Waals surface area contributed by atoms with Crippen LogP contribution >= 0.6 is 0 Å². The van der Waals surface area contributed by atoms with E-state index >= 15 is 0 Å². The quantitative estimate of drug-likeness (QED) is 0.626. The van der Waals surface area contributed by atoms with Crippen LogP contribution in [0.1, 0.15) is 33.6 Å². The predicted octanol–water partition coefficient (Wildman–Crippen LogP) is 1.40. The highest BCUT2D eigenvalue weighted by Gasteiger charge is 2.11. The van der Waals surface area contributed by atoms with Crippen molar-refractivity contribution in [1.82, 2.24) is 0 Å². The summed E-state index contributed by atoms with van der Waals surface area (Å²) in [4.78, 5) is 27.2. The molecular weight excluding hydrogens is 172 g/mol. The molecule has 0 N–H and O–H groups in total. The molecule has 0 spiro atoms. The SMILES string of the molecule is CCCC(C)C(=O)OCC.O=C=O. The van der Waals surface area contributed by atoms with E-state index in [9.17, 15) is 4.79 Å². The molecule has 76 valence electrons. The lowest BCUT2D eigenvalue weighted by Gasteiger charge is -2.07. The molecule has 4 nitrogen and oxygen atoms in total. The minimum absolute atomic E-state index is 0.0654. The molecule has 1 unspecified atom stereocenters. The van der Waals surface area contributed by atoms with Crippen LogP contribution < -0.4 is 0 Å². The van der Waals surface area contributed by atoms with Crippen LogP contribution in [0.25, 0.3) is 0 Å². The van der Waals surface area contributed by atoms with Crippen LogP contribution in [0.2, 0.25) is 0 Å². The molecule has 0 aliphatic carbocycles. The van der Waals surface area contributed by atoms with E-state index in [1.165, 1.54) is 0 Å². The molecule has 1 atom stereocenters. The van der Waals surface area contributed by atoms with Gasteiger partial charge < -0.3 is 4.74 Å². The van der Waals surface area contributed by atoms with Gasteiger partial charge in [-0.3, -0.25) is 4.79 Å². The molecule has 0 fully saturated rings. The van der Waals surface area contributed by atoms with Crippen molar-refractivity contribution in [2.24, 2.45) is 5.92 Å². The second kappa shape index (κ2) is 10.8. The first kappa shape index (κ1) is 14.4. The largest absolute Gasteiger partial charge is 0.466 e. The Morgan fingerprint density at radius 3 is 2.15 bits per heavy atom. The molecule has 0 saturated carbocycles. The zero-order chi connectivity index (χ0) is 10.7. The molecule has 0 radical (unpaired) electrons. The Morgan fingerprint density at radius 2 is 1.85 bits per heavy atom. The van der Waals surface area contributed by atoms with Crippen molar-refractivity contribution in [3.63, 3.8) is 0 Å². The highest BCUT2D eigenvalue weighted by Crippen LogP contribution is 2.06. The topological polar surface area (TPSA) is 60.4 Å². The average Bonchev–Trinajstić information content (AvgIpc) is 2.06. The van der Waals surface area contributed by atoms with Gasteiger partial charge in [0.1, 0.15) is 0 Å². The Kier molecular flexibility index (Phi) is 12.0. The summed E-state index contributed by atoms with van der Waals surface area (Å²) in [6.45, 7) is 6.29. The van der Waals surface area contributed by atoms with Crippen molar-refractivity contribution < 1.29 is 19.1 Å². The minimum atomic E-state index is -0.0654. The molecule has 0 aliphatic heterocycles. The number of carbonyl (C=O) groups excluding carboxylic acids is 3. The van der Waals surface area contributed by atoms with E-state index in [0.29, 0.717) is 6.61 Å². The summed E-state index contributed by atoms with van der Waals surface area (Å²) in [6, 6.07) is 0. The molecule has 0 heterocycles. The van der Waals surface area contributed by atoms with Gasteiger partial charge in [-0.05, 0) is 13.3 Å². The summed E-state index contributed by atoms with van der Waals surface area (Å²) < 4.78 is 4.82. The molecule has 0 aromatic heterocycles. The molecule has 0 bridgehead atoms. The van der Waals surface area contributed by atoms with Crippen molar-refractivity contribution in [1.29, 1.82) is 0 Å². The van der Waals surface area contributed by atoms with Crippen molar-refractivity contribution in [3.05, 3.63) is 0 Å². The number of ether oxygens (including phenoxy) is 1. The van der Waals surface area contributed by atoms with Crippen LogP contribution in [0, 0.1) is 5.92 Å². The Bertz CT molecular complexity index is 159. The van der Waals surface area contributed by atoms with Crippen molar-refractivity contribution in [2.75, 3.05) is 6.61 Å². The third kappa shape index (κ3) is 10.8. The van der Waals surface area contributed by atoms with Crippen LogP contribution in [0.3, 0.4) is 0 Å². The molecule has 13 heavy (non-hydrogen) atoms. The maximum Gasteiger partial charge on any atom is 0.373 e. The third-order valence-corrected chi connectivity index (χ3v) is 1.41. The van der Waals surface area contributed by atoms with Gasteiger partial charge in [-0.1, -0.05) is 20.3 Å². The molecule has 0 rings (SSSR count). The van der Waals surface area contributed by atoms with E-state index < -0.39 is 0 Å². The van der Waals surface area contributed by atoms with E-state index in [4.69, 9.17) is 14.3 Å². The van der Waals surface area contributed by atoms with Gasteiger partial charge in [0.05, 0.1) is 12.5 Å². The van der Waals surface area contributed by atoms with Gasteiger partial charge in [0, 0.05) is 0 Å². The van der Waals surface area contributed by atoms with Gasteiger partial charge in [0.25, 0.3) is 0 Å². The first-order valence-electron chi connectivity index (χ1n) is 4.29. The van der Waals surface area contributed by atoms with Crippen LogP contribution in [0.5, 0.6) is 0 Å². The molecule has 0 aromatic carbocycles. The number of carbonyl (C=O) groups is 1. The standard InChI is InChI=1S/C8H16O2.CO2/c1-4-6-7(3)8(9)10-5-2;2-1-3/h7H,4-6H2,1-3H3;. The maximum atomic E-state index is 10.9. The predicted molar refractivity (Wildman–Crippen MR) is 45.7 cm³/mol. The van der Waals surface area contributed by atoms with E-state index in [0.717, 1.165) is 12.8 Å². The number of hydrogen-bond acceptors (Lipinski definition) is 4. The fourth-order valence-corrected chi connectivity index (χ4v) is 0.835. The van der Waals surface area contributed by atoms with Gasteiger partial charge in [0.2, 0.25) is 0 Å². The van der Waals surface area contributed by atoms with Gasteiger partial charge in [0.15, 0.2) is 0 Å². The third-order valence-electron chi connectivity index (χ3n) is 1.41. The van der Waals surface area contributed by atoms with E-state index in [1.807, 2.05) is 13.8 Å². The zero-order valence-corrected chi connectivity index (χ0v) is 8.33. The first-order valence-corrected chi connectivity index (χ1v) is 4.29. The monoisotopic (exact) mass is 188 g/mol. The second-order valence-electron chi connectivity index (χ2n) is 2.53. The van der Waals surface area contributed by atoms with E-state index in [-0.39, 0.29) is 18.0 Å². The Morgan fingerprint density at radius 1 is 1.38 bits per heavy atom. The molecule has 4 heteroatoms. The summed E-state index contributed by atoms with van der Waals surface area (Å²) in [5.74, 6) is 0.00861. The lowest BCUT2D eigenvalue weighted by Crippen LogP contribution is -2.14. The Hall–Kier alpha value is -1.15. The summed E-state index contributed by atoms with van der Waals surface area (Å²) in [5.41, 5.74) is 0. The first-order chi connectivity index (χ1) is 6.13. The maximum absolute atomic E-state index is 10.9. The summed E-state index contributed by atoms with van der Waals surface area (Å²) in [5, 5.41) is 0. The highest BCUT2D eigenvalue weighted by atomic mass is 16.5. The summed E-state index contributed by atoms with van der Waals surface area (Å²) in [6.07, 6.45) is 2.22. The van der Waals surface area contributed by atoms with Crippen molar-refractivity contribution >= 4 is 12.1 Å². The number of esters is 1. The second-order valence-corrected chi connectivity index (χ2v) is 2.53. The van der Waals surface area contributed by atoms with Crippen LogP contribution in [0.15, 0.2) is 0 Å². The summed E-state index contributed by atoms with van der Waals surface area (Å²) >= 11 is 0. The smallest absolute Gasteiger partial charge is 0.373 e. The average molecular weight is 188 g/mol. The lowest BCUT2D eigenvalue weighted by molar-refractivity contribution is -0.191. The van der Waals surface area contributed by atoms with Gasteiger partial charge in [-0.25, -0.2) is 0 Å².